The highest BCUT2D eigenvalue weighted by molar-refractivity contribution is 7.12. The van der Waals surface area contributed by atoms with Gasteiger partial charge in [0.15, 0.2) is 0 Å². The normalized spacial score (nSPS) is 20.5. The van der Waals surface area contributed by atoms with Crippen LogP contribution in [0.5, 0.6) is 0 Å². The lowest BCUT2D eigenvalue weighted by Gasteiger charge is -2.32. The zero-order chi connectivity index (χ0) is 10.9. The summed E-state index contributed by atoms with van der Waals surface area (Å²) in [5.74, 6) is 0. The van der Waals surface area contributed by atoms with Crippen molar-refractivity contribution < 1.29 is 5.11 Å². The van der Waals surface area contributed by atoms with E-state index in [2.05, 4.69) is 25.2 Å². The van der Waals surface area contributed by atoms with E-state index in [0.717, 1.165) is 32.4 Å². The molecule has 2 heterocycles. The molecule has 0 aliphatic carbocycles. The van der Waals surface area contributed by atoms with Gasteiger partial charge >= 0.3 is 0 Å². The fourth-order valence-electron chi connectivity index (χ4n) is 2.28. The maximum atomic E-state index is 10.4. The Morgan fingerprint density at radius 3 is 2.60 bits per heavy atom. The number of hydrogen-bond donors (Lipinski definition) is 2. The van der Waals surface area contributed by atoms with Crippen molar-refractivity contribution in [2.75, 3.05) is 13.1 Å². The van der Waals surface area contributed by atoms with Gasteiger partial charge in [-0.1, -0.05) is 0 Å². The molecular formula is C12H19NOS. The van der Waals surface area contributed by atoms with Gasteiger partial charge in [0.2, 0.25) is 0 Å². The summed E-state index contributed by atoms with van der Waals surface area (Å²) in [6.07, 6.45) is 2.58. The number of rotatable bonds is 2. The molecule has 2 N–H and O–H groups in total. The summed E-state index contributed by atoms with van der Waals surface area (Å²) in [5.41, 5.74) is 0.866. The number of aliphatic hydroxyl groups is 1. The molecule has 0 unspecified atom stereocenters. The number of aryl methyl sites for hydroxylation is 2. The molecule has 1 aromatic heterocycles. The smallest absolute Gasteiger partial charge is 0.0712 e. The molecule has 0 spiro atoms. The molecule has 1 aliphatic heterocycles. The maximum Gasteiger partial charge on any atom is 0.0712 e. The van der Waals surface area contributed by atoms with Gasteiger partial charge in [0.25, 0.3) is 0 Å². The SMILES string of the molecule is Cc1cc(CC2(O)CCNCC2)c(C)s1. The van der Waals surface area contributed by atoms with E-state index in [4.69, 9.17) is 0 Å². The van der Waals surface area contributed by atoms with Crippen molar-refractivity contribution in [3.8, 4) is 0 Å². The van der Waals surface area contributed by atoms with Crippen LogP contribution in [0.2, 0.25) is 0 Å². The van der Waals surface area contributed by atoms with Crippen LogP contribution in [0.1, 0.15) is 28.2 Å². The number of hydrogen-bond acceptors (Lipinski definition) is 3. The van der Waals surface area contributed by atoms with Crippen LogP contribution in [0.3, 0.4) is 0 Å². The first-order valence-corrected chi connectivity index (χ1v) is 6.40. The molecule has 84 valence electrons. The van der Waals surface area contributed by atoms with Crippen molar-refractivity contribution in [1.82, 2.24) is 5.32 Å². The average Bonchev–Trinajstić information content (AvgIpc) is 2.45. The Morgan fingerprint density at radius 1 is 1.40 bits per heavy atom. The zero-order valence-corrected chi connectivity index (χ0v) is 10.3. The molecule has 0 bridgehead atoms. The minimum atomic E-state index is -0.469. The third-order valence-corrected chi connectivity index (χ3v) is 4.21. The lowest BCUT2D eigenvalue weighted by molar-refractivity contribution is 0.0108. The van der Waals surface area contributed by atoms with Gasteiger partial charge in [-0.3, -0.25) is 0 Å². The van der Waals surface area contributed by atoms with Crippen molar-refractivity contribution in [1.29, 1.82) is 0 Å². The highest BCUT2D eigenvalue weighted by Gasteiger charge is 2.29. The minimum Gasteiger partial charge on any atom is -0.389 e. The van der Waals surface area contributed by atoms with Crippen LogP contribution in [0.4, 0.5) is 0 Å². The van der Waals surface area contributed by atoms with E-state index in [1.54, 1.807) is 0 Å². The molecule has 2 rings (SSSR count). The van der Waals surface area contributed by atoms with E-state index < -0.39 is 5.60 Å². The Hall–Kier alpha value is -0.380. The van der Waals surface area contributed by atoms with E-state index >= 15 is 0 Å². The fraction of sp³-hybridized carbons (Fsp3) is 0.667. The number of piperidine rings is 1. The summed E-state index contributed by atoms with van der Waals surface area (Å²) < 4.78 is 0. The zero-order valence-electron chi connectivity index (χ0n) is 9.47. The maximum absolute atomic E-state index is 10.4. The summed E-state index contributed by atoms with van der Waals surface area (Å²) in [7, 11) is 0. The van der Waals surface area contributed by atoms with Crippen LogP contribution in [-0.4, -0.2) is 23.8 Å². The molecule has 0 saturated carbocycles. The van der Waals surface area contributed by atoms with Crippen LogP contribution in [-0.2, 0) is 6.42 Å². The largest absolute Gasteiger partial charge is 0.389 e. The Morgan fingerprint density at radius 2 is 2.07 bits per heavy atom. The molecule has 0 atom stereocenters. The van der Waals surface area contributed by atoms with Crippen molar-refractivity contribution >= 4 is 11.3 Å². The van der Waals surface area contributed by atoms with Gasteiger partial charge in [0, 0.05) is 16.2 Å². The Balaban J connectivity index is 2.09. The Bertz CT molecular complexity index is 339. The molecule has 0 radical (unpaired) electrons. The Kier molecular flexibility index (Phi) is 3.14. The second kappa shape index (κ2) is 4.24. The van der Waals surface area contributed by atoms with Gasteiger partial charge in [-0.2, -0.15) is 0 Å². The second-order valence-corrected chi connectivity index (χ2v) is 6.05. The van der Waals surface area contributed by atoms with E-state index in [1.807, 2.05) is 11.3 Å². The minimum absolute atomic E-state index is 0.469. The molecule has 3 heteroatoms. The molecule has 1 aliphatic rings. The van der Waals surface area contributed by atoms with Crippen LogP contribution in [0.15, 0.2) is 6.07 Å². The van der Waals surface area contributed by atoms with E-state index in [-0.39, 0.29) is 0 Å². The molecule has 1 fully saturated rings. The van der Waals surface area contributed by atoms with Gasteiger partial charge in [0.05, 0.1) is 5.60 Å². The number of thiophene rings is 1. The van der Waals surface area contributed by atoms with Gasteiger partial charge in [0.1, 0.15) is 0 Å². The lowest BCUT2D eigenvalue weighted by atomic mass is 9.86. The molecule has 1 aromatic rings. The Labute approximate surface area is 95.3 Å². The summed E-state index contributed by atoms with van der Waals surface area (Å²) in [5, 5.41) is 13.7. The molecule has 2 nitrogen and oxygen atoms in total. The molecule has 0 amide bonds. The predicted octanol–water partition coefficient (Wildman–Crippen LogP) is 2.02. The molecular weight excluding hydrogens is 206 g/mol. The van der Waals surface area contributed by atoms with Crippen LogP contribution in [0.25, 0.3) is 0 Å². The van der Waals surface area contributed by atoms with Crippen molar-refractivity contribution in [2.45, 2.75) is 38.7 Å². The topological polar surface area (TPSA) is 32.3 Å². The average molecular weight is 225 g/mol. The summed E-state index contributed by atoms with van der Waals surface area (Å²) in [6.45, 7) is 6.17. The van der Waals surface area contributed by atoms with Crippen LogP contribution < -0.4 is 5.32 Å². The van der Waals surface area contributed by atoms with Gasteiger partial charge in [-0.15, -0.1) is 11.3 Å². The summed E-state index contributed by atoms with van der Waals surface area (Å²) in [4.78, 5) is 2.71. The molecule has 1 saturated heterocycles. The third kappa shape index (κ3) is 2.60. The van der Waals surface area contributed by atoms with Crippen molar-refractivity contribution in [2.24, 2.45) is 0 Å². The monoisotopic (exact) mass is 225 g/mol. The molecule has 15 heavy (non-hydrogen) atoms. The van der Waals surface area contributed by atoms with E-state index in [9.17, 15) is 5.11 Å². The van der Waals surface area contributed by atoms with E-state index in [1.165, 1.54) is 15.3 Å². The van der Waals surface area contributed by atoms with Crippen molar-refractivity contribution in [3.63, 3.8) is 0 Å². The predicted molar refractivity (Wildman–Crippen MR) is 64.6 cm³/mol. The lowest BCUT2D eigenvalue weighted by Crippen LogP contribution is -2.43. The fourth-order valence-corrected chi connectivity index (χ4v) is 3.23. The first-order chi connectivity index (χ1) is 7.09. The van der Waals surface area contributed by atoms with Gasteiger partial charge in [-0.25, -0.2) is 0 Å². The first kappa shape index (κ1) is 11.1. The standard InChI is InChI=1S/C12H19NOS/c1-9-7-11(10(2)15-9)8-12(14)3-5-13-6-4-12/h7,13-14H,3-6,8H2,1-2H3. The van der Waals surface area contributed by atoms with Gasteiger partial charge in [-0.05, 0) is 51.4 Å². The summed E-state index contributed by atoms with van der Waals surface area (Å²) in [6, 6.07) is 2.22. The van der Waals surface area contributed by atoms with E-state index in [0.29, 0.717) is 0 Å². The van der Waals surface area contributed by atoms with Crippen LogP contribution in [0, 0.1) is 13.8 Å². The highest BCUT2D eigenvalue weighted by Crippen LogP contribution is 2.28. The first-order valence-electron chi connectivity index (χ1n) is 5.58. The molecule has 0 aromatic carbocycles. The highest BCUT2D eigenvalue weighted by atomic mass is 32.1. The van der Waals surface area contributed by atoms with Gasteiger partial charge < -0.3 is 10.4 Å². The number of nitrogens with one attached hydrogen (secondary N) is 1. The van der Waals surface area contributed by atoms with Crippen molar-refractivity contribution in [3.05, 3.63) is 21.4 Å². The quantitative estimate of drug-likeness (QED) is 0.807. The third-order valence-electron chi connectivity index (χ3n) is 3.20. The second-order valence-electron chi connectivity index (χ2n) is 4.59. The summed E-state index contributed by atoms with van der Waals surface area (Å²) >= 11 is 1.83. The van der Waals surface area contributed by atoms with Crippen LogP contribution >= 0.6 is 11.3 Å².